The van der Waals surface area contributed by atoms with Crippen LogP contribution in [0.1, 0.15) is 40.8 Å². The lowest BCUT2D eigenvalue weighted by molar-refractivity contribution is -0.137. The molecular weight excluding hydrogens is 475 g/mol. The molecule has 0 aliphatic carbocycles. The second-order valence-electron chi connectivity index (χ2n) is 9.18. The standard InChI is InChI=1S/C25H26F3N5O3/c1-16-6-7-29-13-21(16)22-30-23(36-31-22)19-12-18(17-2-4-20(5-3-17)25(26,27)28)14-33(15-19)24(34)32-8-10-35-11-9-32/h2-7,13,18-19H,8-12,14-15H2,1H3. The number of morpholine rings is 1. The van der Waals surface area contributed by atoms with Crippen molar-refractivity contribution in [3.8, 4) is 11.4 Å². The van der Waals surface area contributed by atoms with Crippen LogP contribution >= 0.6 is 0 Å². The molecule has 2 unspecified atom stereocenters. The number of urea groups is 1. The number of hydrogen-bond donors (Lipinski definition) is 0. The summed E-state index contributed by atoms with van der Waals surface area (Å²) < 4.78 is 50.3. The molecule has 5 rings (SSSR count). The fourth-order valence-corrected chi connectivity index (χ4v) is 4.78. The van der Waals surface area contributed by atoms with Crippen molar-refractivity contribution in [3.05, 3.63) is 65.3 Å². The van der Waals surface area contributed by atoms with Crippen molar-refractivity contribution in [2.24, 2.45) is 0 Å². The van der Waals surface area contributed by atoms with Crippen molar-refractivity contribution >= 4 is 6.03 Å². The van der Waals surface area contributed by atoms with Crippen LogP contribution in [0.4, 0.5) is 18.0 Å². The molecule has 8 nitrogen and oxygen atoms in total. The second-order valence-corrected chi connectivity index (χ2v) is 9.18. The number of aryl methyl sites for hydroxylation is 1. The first kappa shape index (κ1) is 24.2. The van der Waals surface area contributed by atoms with Gasteiger partial charge in [0.2, 0.25) is 11.7 Å². The van der Waals surface area contributed by atoms with E-state index in [0.717, 1.165) is 28.8 Å². The van der Waals surface area contributed by atoms with Gasteiger partial charge in [-0.25, -0.2) is 4.79 Å². The van der Waals surface area contributed by atoms with Gasteiger partial charge in [-0.15, -0.1) is 0 Å². The maximum absolute atomic E-state index is 13.3. The average molecular weight is 502 g/mol. The number of hydrogen-bond acceptors (Lipinski definition) is 6. The summed E-state index contributed by atoms with van der Waals surface area (Å²) in [6, 6.07) is 6.89. The molecule has 190 valence electrons. The van der Waals surface area contributed by atoms with Crippen LogP contribution in [0.5, 0.6) is 0 Å². The minimum atomic E-state index is -4.41. The number of ether oxygens (including phenoxy) is 1. The highest BCUT2D eigenvalue weighted by molar-refractivity contribution is 5.75. The Bertz CT molecular complexity index is 1210. The molecule has 0 bridgehead atoms. The lowest BCUT2D eigenvalue weighted by Crippen LogP contribution is -2.52. The number of benzene rings is 1. The minimum Gasteiger partial charge on any atom is -0.378 e. The summed E-state index contributed by atoms with van der Waals surface area (Å²) >= 11 is 0. The monoisotopic (exact) mass is 501 g/mol. The predicted molar refractivity (Wildman–Crippen MR) is 123 cm³/mol. The molecular formula is C25H26F3N5O3. The number of pyridine rings is 1. The van der Waals surface area contributed by atoms with Gasteiger partial charge in [-0.05, 0) is 42.7 Å². The Kier molecular flexibility index (Phi) is 6.65. The number of amides is 2. The molecule has 1 aromatic carbocycles. The minimum absolute atomic E-state index is 0.122. The van der Waals surface area contributed by atoms with Gasteiger partial charge in [0, 0.05) is 50.1 Å². The van der Waals surface area contributed by atoms with Gasteiger partial charge in [0.15, 0.2) is 0 Å². The smallest absolute Gasteiger partial charge is 0.378 e. The van der Waals surface area contributed by atoms with E-state index in [0.29, 0.717) is 57.5 Å². The Morgan fingerprint density at radius 1 is 1.03 bits per heavy atom. The van der Waals surface area contributed by atoms with E-state index in [1.807, 2.05) is 13.0 Å². The van der Waals surface area contributed by atoms with Crippen LogP contribution in [0.2, 0.25) is 0 Å². The molecule has 0 N–H and O–H groups in total. The van der Waals surface area contributed by atoms with E-state index in [-0.39, 0.29) is 17.9 Å². The summed E-state index contributed by atoms with van der Waals surface area (Å²) in [5.74, 6) is 0.351. The van der Waals surface area contributed by atoms with Gasteiger partial charge < -0.3 is 19.1 Å². The quantitative estimate of drug-likeness (QED) is 0.526. The van der Waals surface area contributed by atoms with Crippen molar-refractivity contribution in [1.29, 1.82) is 0 Å². The SMILES string of the molecule is Cc1ccncc1-c1noc(C2CC(c3ccc(C(F)(F)F)cc3)CN(C(=O)N3CCOCC3)C2)n1. The Morgan fingerprint density at radius 2 is 1.75 bits per heavy atom. The number of nitrogens with zero attached hydrogens (tertiary/aromatic N) is 5. The summed E-state index contributed by atoms with van der Waals surface area (Å²) in [5.41, 5.74) is 1.74. The van der Waals surface area contributed by atoms with Gasteiger partial charge >= 0.3 is 12.2 Å². The summed E-state index contributed by atoms with van der Waals surface area (Å²) in [5, 5.41) is 4.14. The van der Waals surface area contributed by atoms with Crippen molar-refractivity contribution in [2.75, 3.05) is 39.4 Å². The molecule has 0 saturated carbocycles. The Hall–Kier alpha value is -3.47. The van der Waals surface area contributed by atoms with Crippen molar-refractivity contribution in [1.82, 2.24) is 24.9 Å². The van der Waals surface area contributed by atoms with E-state index in [2.05, 4.69) is 15.1 Å². The number of carbonyl (C=O) groups excluding carboxylic acids is 1. The molecule has 2 aliphatic rings. The predicted octanol–water partition coefficient (Wildman–Crippen LogP) is 4.48. The van der Waals surface area contributed by atoms with Crippen molar-refractivity contribution < 1.29 is 27.2 Å². The molecule has 3 aromatic rings. The molecule has 0 radical (unpaired) electrons. The number of likely N-dealkylation sites (tertiary alicyclic amines) is 1. The first-order valence-electron chi connectivity index (χ1n) is 11.8. The van der Waals surface area contributed by atoms with Crippen molar-refractivity contribution in [3.63, 3.8) is 0 Å². The molecule has 2 saturated heterocycles. The van der Waals surface area contributed by atoms with Crippen LogP contribution in [-0.4, -0.2) is 70.3 Å². The topological polar surface area (TPSA) is 84.6 Å². The van der Waals surface area contributed by atoms with Crippen LogP contribution in [0.25, 0.3) is 11.4 Å². The van der Waals surface area contributed by atoms with Crippen molar-refractivity contribution in [2.45, 2.75) is 31.4 Å². The second kappa shape index (κ2) is 9.88. The number of piperidine rings is 1. The fourth-order valence-electron chi connectivity index (χ4n) is 4.78. The van der Waals surface area contributed by atoms with Gasteiger partial charge in [0.05, 0.1) is 24.7 Å². The van der Waals surface area contributed by atoms with Gasteiger partial charge in [-0.2, -0.15) is 18.2 Å². The molecule has 2 aromatic heterocycles. The van der Waals surface area contributed by atoms with Crippen LogP contribution in [0.15, 0.2) is 47.2 Å². The summed E-state index contributed by atoms with van der Waals surface area (Å²) in [6.07, 6.45) is -0.489. The average Bonchev–Trinajstić information content (AvgIpc) is 3.38. The van der Waals surface area contributed by atoms with Crippen LogP contribution < -0.4 is 0 Å². The Labute approximate surface area is 206 Å². The van der Waals surface area contributed by atoms with Gasteiger partial charge in [-0.3, -0.25) is 4.98 Å². The van der Waals surface area contributed by atoms with Crippen LogP contribution in [0, 0.1) is 6.92 Å². The Balaban J connectivity index is 1.42. The molecule has 2 atom stereocenters. The molecule has 4 heterocycles. The maximum Gasteiger partial charge on any atom is 0.416 e. The van der Waals surface area contributed by atoms with Gasteiger partial charge in [0.1, 0.15) is 0 Å². The van der Waals surface area contributed by atoms with E-state index in [9.17, 15) is 18.0 Å². The highest BCUT2D eigenvalue weighted by Gasteiger charge is 2.37. The van der Waals surface area contributed by atoms with E-state index in [1.165, 1.54) is 12.1 Å². The molecule has 2 fully saturated rings. The number of alkyl halides is 3. The number of aromatic nitrogens is 3. The van der Waals surface area contributed by atoms with Crippen LogP contribution in [-0.2, 0) is 10.9 Å². The zero-order valence-electron chi connectivity index (χ0n) is 19.7. The Morgan fingerprint density at radius 3 is 2.44 bits per heavy atom. The highest BCUT2D eigenvalue weighted by Crippen LogP contribution is 2.38. The molecule has 0 spiro atoms. The zero-order valence-corrected chi connectivity index (χ0v) is 19.7. The fraction of sp³-hybridized carbons (Fsp3) is 0.440. The third-order valence-corrected chi connectivity index (χ3v) is 6.78. The third-order valence-electron chi connectivity index (χ3n) is 6.78. The highest BCUT2D eigenvalue weighted by atomic mass is 19.4. The first-order valence-corrected chi connectivity index (χ1v) is 11.8. The van der Waals surface area contributed by atoms with Gasteiger partial charge in [0.25, 0.3) is 0 Å². The zero-order chi connectivity index (χ0) is 25.3. The third kappa shape index (κ3) is 5.06. The van der Waals surface area contributed by atoms with Crippen LogP contribution in [0.3, 0.4) is 0 Å². The largest absolute Gasteiger partial charge is 0.416 e. The lowest BCUT2D eigenvalue weighted by atomic mass is 9.84. The van der Waals surface area contributed by atoms with E-state index in [4.69, 9.17) is 9.26 Å². The molecule has 2 aliphatic heterocycles. The van der Waals surface area contributed by atoms with E-state index in [1.54, 1.807) is 22.2 Å². The number of halogens is 3. The maximum atomic E-state index is 13.3. The first-order chi connectivity index (χ1) is 17.3. The van der Waals surface area contributed by atoms with E-state index < -0.39 is 11.7 Å². The normalized spacial score (nSPS) is 21.0. The summed E-state index contributed by atoms with van der Waals surface area (Å²) in [7, 11) is 0. The van der Waals surface area contributed by atoms with E-state index >= 15 is 0 Å². The van der Waals surface area contributed by atoms with Gasteiger partial charge in [-0.1, -0.05) is 17.3 Å². The molecule has 36 heavy (non-hydrogen) atoms. The number of carbonyl (C=O) groups is 1. The molecule has 2 amide bonds. The lowest BCUT2D eigenvalue weighted by Gasteiger charge is -2.40. The summed E-state index contributed by atoms with van der Waals surface area (Å²) in [6.45, 7) is 4.64. The number of rotatable bonds is 3. The molecule has 11 heteroatoms. The summed E-state index contributed by atoms with van der Waals surface area (Å²) in [4.78, 5) is 25.6.